The number of hydrogen-bond donors (Lipinski definition) is 2. The molecule has 2 rings (SSSR count). The molecule has 1 aromatic heterocycles. The van der Waals surface area contributed by atoms with Crippen molar-refractivity contribution in [3.05, 3.63) is 11.1 Å². The average Bonchev–Trinajstić information content (AvgIpc) is 2.86. The Morgan fingerprint density at radius 3 is 2.89 bits per heavy atom. The number of thiazole rings is 1. The minimum atomic E-state index is 0.187. The van der Waals surface area contributed by atoms with Crippen LogP contribution in [0.2, 0.25) is 0 Å². The quantitative estimate of drug-likeness (QED) is 0.860. The lowest BCUT2D eigenvalue weighted by Crippen LogP contribution is -2.39. The molecule has 1 amide bonds. The summed E-state index contributed by atoms with van der Waals surface area (Å²) in [7, 11) is 1.72. The third kappa shape index (κ3) is 3.91. The van der Waals surface area contributed by atoms with Crippen molar-refractivity contribution in [3.8, 4) is 0 Å². The summed E-state index contributed by atoms with van der Waals surface area (Å²) in [5, 5.41) is 6.97. The van der Waals surface area contributed by atoms with Crippen molar-refractivity contribution in [1.82, 2.24) is 15.2 Å². The van der Waals surface area contributed by atoms with Crippen LogP contribution in [0.3, 0.4) is 0 Å². The molecule has 0 bridgehead atoms. The molecule has 1 aromatic rings. The van der Waals surface area contributed by atoms with Crippen LogP contribution >= 0.6 is 11.3 Å². The van der Waals surface area contributed by atoms with Crippen LogP contribution in [0.15, 0.2) is 6.20 Å². The van der Waals surface area contributed by atoms with Gasteiger partial charge in [0.15, 0.2) is 5.13 Å². The van der Waals surface area contributed by atoms with Gasteiger partial charge in [-0.25, -0.2) is 4.98 Å². The maximum Gasteiger partial charge on any atom is 0.222 e. The number of piperidine rings is 1. The predicted octanol–water partition coefficient (Wildman–Crippen LogP) is 1.53. The molecule has 1 aliphatic rings. The van der Waals surface area contributed by atoms with Gasteiger partial charge in [0, 0.05) is 37.1 Å². The number of carbonyl (C=O) groups excluding carboxylic acids is 1. The van der Waals surface area contributed by atoms with E-state index in [0.717, 1.165) is 44.2 Å². The SMILES string of the molecule is CCNc1ncc(CN2CCC(C(=O)NC)CC2)s1. The van der Waals surface area contributed by atoms with Crippen LogP contribution in [-0.2, 0) is 11.3 Å². The third-order valence-corrected chi connectivity index (χ3v) is 4.41. The molecule has 0 unspecified atom stereocenters. The van der Waals surface area contributed by atoms with Crippen molar-refractivity contribution in [3.63, 3.8) is 0 Å². The highest BCUT2D eigenvalue weighted by Crippen LogP contribution is 2.23. The van der Waals surface area contributed by atoms with Crippen molar-refractivity contribution in [2.45, 2.75) is 26.3 Å². The first-order valence-corrected chi connectivity index (χ1v) is 7.67. The Kier molecular flexibility index (Phi) is 5.15. The van der Waals surface area contributed by atoms with Crippen molar-refractivity contribution < 1.29 is 4.79 Å². The van der Waals surface area contributed by atoms with Crippen LogP contribution in [-0.4, -0.2) is 42.5 Å². The molecule has 2 heterocycles. The Bertz CT molecular complexity index is 413. The second kappa shape index (κ2) is 6.86. The molecule has 5 nitrogen and oxygen atoms in total. The minimum Gasteiger partial charge on any atom is -0.362 e. The van der Waals surface area contributed by atoms with E-state index in [1.54, 1.807) is 18.4 Å². The Balaban J connectivity index is 1.80. The topological polar surface area (TPSA) is 57.3 Å². The molecule has 0 radical (unpaired) electrons. The first-order chi connectivity index (χ1) is 9.22. The van der Waals surface area contributed by atoms with Gasteiger partial charge in [0.1, 0.15) is 0 Å². The van der Waals surface area contributed by atoms with Crippen LogP contribution < -0.4 is 10.6 Å². The van der Waals surface area contributed by atoms with Crippen LogP contribution in [0.25, 0.3) is 0 Å². The van der Waals surface area contributed by atoms with Crippen LogP contribution in [0.4, 0.5) is 5.13 Å². The maximum atomic E-state index is 11.6. The van der Waals surface area contributed by atoms with E-state index in [0.29, 0.717) is 0 Å². The Labute approximate surface area is 118 Å². The van der Waals surface area contributed by atoms with Crippen molar-refractivity contribution >= 4 is 22.4 Å². The molecule has 1 aliphatic heterocycles. The fourth-order valence-electron chi connectivity index (χ4n) is 2.39. The fourth-order valence-corrected chi connectivity index (χ4v) is 3.31. The van der Waals surface area contributed by atoms with Gasteiger partial charge in [0.25, 0.3) is 0 Å². The van der Waals surface area contributed by atoms with Gasteiger partial charge in [-0.1, -0.05) is 0 Å². The molecule has 0 aliphatic carbocycles. The molecule has 6 heteroatoms. The molecular weight excluding hydrogens is 260 g/mol. The standard InChI is InChI=1S/C13H22N4OS/c1-3-15-13-16-8-11(19-13)9-17-6-4-10(5-7-17)12(18)14-2/h8,10H,3-7,9H2,1-2H3,(H,14,18)(H,15,16). The van der Waals surface area contributed by atoms with E-state index in [1.165, 1.54) is 4.88 Å². The molecule has 0 aromatic carbocycles. The van der Waals surface area contributed by atoms with E-state index >= 15 is 0 Å². The van der Waals surface area contributed by atoms with Gasteiger partial charge in [0.2, 0.25) is 5.91 Å². The van der Waals surface area contributed by atoms with Crippen molar-refractivity contribution in [1.29, 1.82) is 0 Å². The lowest BCUT2D eigenvalue weighted by atomic mass is 9.96. The van der Waals surface area contributed by atoms with Gasteiger partial charge in [-0.3, -0.25) is 9.69 Å². The van der Waals surface area contributed by atoms with E-state index in [1.807, 2.05) is 6.20 Å². The number of likely N-dealkylation sites (tertiary alicyclic amines) is 1. The predicted molar refractivity (Wildman–Crippen MR) is 78.3 cm³/mol. The third-order valence-electron chi connectivity index (χ3n) is 3.47. The summed E-state index contributed by atoms with van der Waals surface area (Å²) in [6.07, 6.45) is 3.87. The summed E-state index contributed by atoms with van der Waals surface area (Å²) in [6, 6.07) is 0. The molecule has 106 valence electrons. The number of rotatable bonds is 5. The number of nitrogens with zero attached hydrogens (tertiary/aromatic N) is 2. The van der Waals surface area contributed by atoms with E-state index < -0.39 is 0 Å². The molecule has 0 saturated carbocycles. The number of anilines is 1. The van der Waals surface area contributed by atoms with Gasteiger partial charge in [-0.15, -0.1) is 11.3 Å². The summed E-state index contributed by atoms with van der Waals surface area (Å²) in [4.78, 5) is 19.6. The molecule has 2 N–H and O–H groups in total. The monoisotopic (exact) mass is 282 g/mol. The highest BCUT2D eigenvalue weighted by molar-refractivity contribution is 7.15. The number of nitrogens with one attached hydrogen (secondary N) is 2. The zero-order chi connectivity index (χ0) is 13.7. The fraction of sp³-hybridized carbons (Fsp3) is 0.692. The van der Waals surface area contributed by atoms with E-state index in [-0.39, 0.29) is 11.8 Å². The maximum absolute atomic E-state index is 11.6. The first kappa shape index (κ1) is 14.3. The summed E-state index contributed by atoms with van der Waals surface area (Å²) in [5.41, 5.74) is 0. The minimum absolute atomic E-state index is 0.187. The van der Waals surface area contributed by atoms with E-state index in [2.05, 4.69) is 27.4 Å². The second-order valence-electron chi connectivity index (χ2n) is 4.83. The Morgan fingerprint density at radius 2 is 2.26 bits per heavy atom. The van der Waals surface area contributed by atoms with Crippen molar-refractivity contribution in [2.75, 3.05) is 32.0 Å². The first-order valence-electron chi connectivity index (χ1n) is 6.85. The summed E-state index contributed by atoms with van der Waals surface area (Å²) in [6.45, 7) is 5.91. The molecule has 1 fully saturated rings. The summed E-state index contributed by atoms with van der Waals surface area (Å²) < 4.78 is 0. The van der Waals surface area contributed by atoms with Crippen LogP contribution in [0, 0.1) is 5.92 Å². The molecule has 1 saturated heterocycles. The molecular formula is C13H22N4OS. The lowest BCUT2D eigenvalue weighted by molar-refractivity contribution is -0.125. The van der Waals surface area contributed by atoms with Gasteiger partial charge >= 0.3 is 0 Å². The molecule has 0 spiro atoms. The normalized spacial score (nSPS) is 17.4. The Morgan fingerprint density at radius 1 is 1.53 bits per heavy atom. The largest absolute Gasteiger partial charge is 0.362 e. The lowest BCUT2D eigenvalue weighted by Gasteiger charge is -2.30. The smallest absolute Gasteiger partial charge is 0.222 e. The molecule has 19 heavy (non-hydrogen) atoms. The number of amides is 1. The highest BCUT2D eigenvalue weighted by atomic mass is 32.1. The highest BCUT2D eigenvalue weighted by Gasteiger charge is 2.24. The zero-order valence-electron chi connectivity index (χ0n) is 11.6. The number of aromatic nitrogens is 1. The average molecular weight is 282 g/mol. The van der Waals surface area contributed by atoms with Crippen LogP contribution in [0.1, 0.15) is 24.6 Å². The van der Waals surface area contributed by atoms with Gasteiger partial charge < -0.3 is 10.6 Å². The number of hydrogen-bond acceptors (Lipinski definition) is 5. The second-order valence-corrected chi connectivity index (χ2v) is 5.94. The number of carbonyl (C=O) groups is 1. The zero-order valence-corrected chi connectivity index (χ0v) is 12.4. The van der Waals surface area contributed by atoms with Gasteiger partial charge in [-0.05, 0) is 32.9 Å². The van der Waals surface area contributed by atoms with Gasteiger partial charge in [0.05, 0.1) is 0 Å². The summed E-state index contributed by atoms with van der Waals surface area (Å²) in [5.74, 6) is 0.381. The molecule has 0 atom stereocenters. The van der Waals surface area contributed by atoms with Gasteiger partial charge in [-0.2, -0.15) is 0 Å². The van der Waals surface area contributed by atoms with E-state index in [4.69, 9.17) is 0 Å². The summed E-state index contributed by atoms with van der Waals surface area (Å²) >= 11 is 1.72. The van der Waals surface area contributed by atoms with E-state index in [9.17, 15) is 4.79 Å². The van der Waals surface area contributed by atoms with Crippen LogP contribution in [0.5, 0.6) is 0 Å². The Hall–Kier alpha value is -1.14. The van der Waals surface area contributed by atoms with Crippen molar-refractivity contribution in [2.24, 2.45) is 5.92 Å².